The molecule has 0 atom stereocenters. The summed E-state index contributed by atoms with van der Waals surface area (Å²) in [4.78, 5) is 0. The van der Waals surface area contributed by atoms with Gasteiger partial charge in [0.1, 0.15) is 11.4 Å². The number of para-hydroxylation sites is 1. The van der Waals surface area contributed by atoms with Crippen molar-refractivity contribution in [2.24, 2.45) is 0 Å². The van der Waals surface area contributed by atoms with Gasteiger partial charge in [0.15, 0.2) is 0 Å². The van der Waals surface area contributed by atoms with Crippen LogP contribution in [0.3, 0.4) is 0 Å². The molecule has 0 bridgehead atoms. The lowest BCUT2D eigenvalue weighted by atomic mass is 9.81. The third-order valence-corrected chi connectivity index (χ3v) is 5.27. The molecule has 1 heterocycles. The van der Waals surface area contributed by atoms with Crippen LogP contribution in [0.2, 0.25) is 0 Å². The van der Waals surface area contributed by atoms with Crippen LogP contribution in [0.25, 0.3) is 5.57 Å². The first-order valence-corrected chi connectivity index (χ1v) is 8.26. The number of hydrogen-bond acceptors (Lipinski definition) is 1. The average Bonchev–Trinajstić information content (AvgIpc) is 2.99. The third-order valence-electron chi connectivity index (χ3n) is 5.27. The summed E-state index contributed by atoms with van der Waals surface area (Å²) < 4.78 is 6.51. The summed E-state index contributed by atoms with van der Waals surface area (Å²) in [5.74, 6) is 1.05. The summed E-state index contributed by atoms with van der Waals surface area (Å²) in [7, 11) is 0. The van der Waals surface area contributed by atoms with Gasteiger partial charge in [0, 0.05) is 5.56 Å². The van der Waals surface area contributed by atoms with Gasteiger partial charge in [0.25, 0.3) is 0 Å². The first-order chi connectivity index (χ1) is 10.7. The highest BCUT2D eigenvalue weighted by Gasteiger charge is 2.42. The Morgan fingerprint density at radius 3 is 2.27 bits per heavy atom. The zero-order valence-corrected chi connectivity index (χ0v) is 13.4. The van der Waals surface area contributed by atoms with Crippen molar-refractivity contribution in [3.8, 4) is 5.75 Å². The van der Waals surface area contributed by atoms with E-state index in [2.05, 4.69) is 62.4 Å². The summed E-state index contributed by atoms with van der Waals surface area (Å²) in [6.45, 7) is 4.41. The molecule has 0 amide bonds. The van der Waals surface area contributed by atoms with Crippen molar-refractivity contribution >= 4 is 5.57 Å². The van der Waals surface area contributed by atoms with Gasteiger partial charge in [-0.2, -0.15) is 0 Å². The Balaban J connectivity index is 1.95. The molecule has 1 fully saturated rings. The normalized spacial score (nSPS) is 19.2. The molecule has 0 radical (unpaired) electrons. The molecule has 2 aromatic carbocycles. The van der Waals surface area contributed by atoms with E-state index < -0.39 is 0 Å². The van der Waals surface area contributed by atoms with Gasteiger partial charge in [0.05, 0.1) is 0 Å². The number of benzene rings is 2. The number of fused-ring (bicyclic) bond motifs is 1. The standard InChI is InChI=1S/C21H22O/c1-15-9-11-17(12-10-15)20-16(2)21(13-5-6-14-21)22-19-8-4-3-7-18(19)20/h3-4,7-12H,5-6,13-14H2,1-2H3. The van der Waals surface area contributed by atoms with Crippen LogP contribution in [0, 0.1) is 6.92 Å². The molecule has 1 heteroatoms. The molecule has 1 nitrogen and oxygen atoms in total. The quantitative estimate of drug-likeness (QED) is 0.671. The average molecular weight is 290 g/mol. The van der Waals surface area contributed by atoms with Crippen molar-refractivity contribution in [3.63, 3.8) is 0 Å². The lowest BCUT2D eigenvalue weighted by Crippen LogP contribution is -2.37. The second-order valence-corrected chi connectivity index (χ2v) is 6.67. The molecule has 112 valence electrons. The van der Waals surface area contributed by atoms with E-state index in [0.29, 0.717) is 0 Å². The van der Waals surface area contributed by atoms with Gasteiger partial charge in [-0.05, 0) is 62.3 Å². The van der Waals surface area contributed by atoms with Gasteiger partial charge in [-0.1, -0.05) is 48.0 Å². The number of rotatable bonds is 1. The Kier molecular flexibility index (Phi) is 3.11. The summed E-state index contributed by atoms with van der Waals surface area (Å²) in [5, 5.41) is 0. The van der Waals surface area contributed by atoms with E-state index in [1.165, 1.54) is 40.7 Å². The Labute approximate surface area is 132 Å². The predicted molar refractivity (Wildman–Crippen MR) is 91.1 cm³/mol. The van der Waals surface area contributed by atoms with Crippen LogP contribution < -0.4 is 4.74 Å². The first-order valence-electron chi connectivity index (χ1n) is 8.26. The highest BCUT2D eigenvalue weighted by atomic mass is 16.5. The minimum absolute atomic E-state index is 0.0748. The fourth-order valence-corrected chi connectivity index (χ4v) is 3.99. The molecule has 1 saturated carbocycles. The minimum atomic E-state index is -0.0748. The van der Waals surface area contributed by atoms with Crippen LogP contribution in [0.4, 0.5) is 0 Å². The Morgan fingerprint density at radius 2 is 1.55 bits per heavy atom. The molecule has 2 aliphatic rings. The van der Waals surface area contributed by atoms with Crippen LogP contribution in [-0.2, 0) is 0 Å². The summed E-state index contributed by atoms with van der Waals surface area (Å²) in [6, 6.07) is 17.4. The fraction of sp³-hybridized carbons (Fsp3) is 0.333. The van der Waals surface area contributed by atoms with Gasteiger partial charge in [-0.3, -0.25) is 0 Å². The maximum absolute atomic E-state index is 6.51. The van der Waals surface area contributed by atoms with E-state index in [9.17, 15) is 0 Å². The smallest absolute Gasteiger partial charge is 0.131 e. The monoisotopic (exact) mass is 290 g/mol. The molecule has 1 aliphatic carbocycles. The van der Waals surface area contributed by atoms with Gasteiger partial charge >= 0.3 is 0 Å². The van der Waals surface area contributed by atoms with E-state index in [0.717, 1.165) is 18.6 Å². The van der Waals surface area contributed by atoms with Crippen molar-refractivity contribution in [3.05, 3.63) is 70.8 Å². The molecular weight excluding hydrogens is 268 g/mol. The zero-order chi connectivity index (χ0) is 15.2. The van der Waals surface area contributed by atoms with Crippen LogP contribution >= 0.6 is 0 Å². The second-order valence-electron chi connectivity index (χ2n) is 6.67. The molecule has 0 unspecified atom stereocenters. The van der Waals surface area contributed by atoms with E-state index >= 15 is 0 Å². The molecule has 4 rings (SSSR count). The SMILES string of the molecule is CC1=C(c2ccc(C)cc2)c2ccccc2OC12CCCC2. The summed E-state index contributed by atoms with van der Waals surface area (Å²) in [6.07, 6.45) is 4.81. The van der Waals surface area contributed by atoms with Crippen molar-refractivity contribution in [1.82, 2.24) is 0 Å². The maximum atomic E-state index is 6.51. The zero-order valence-electron chi connectivity index (χ0n) is 13.4. The van der Waals surface area contributed by atoms with Crippen LogP contribution in [0.1, 0.15) is 49.3 Å². The van der Waals surface area contributed by atoms with E-state index in [1.807, 2.05) is 0 Å². The Hall–Kier alpha value is -2.02. The van der Waals surface area contributed by atoms with Crippen LogP contribution in [-0.4, -0.2) is 5.60 Å². The Bertz CT molecular complexity index is 731. The lowest BCUT2D eigenvalue weighted by molar-refractivity contribution is 0.111. The number of hydrogen-bond donors (Lipinski definition) is 0. The molecule has 2 aromatic rings. The summed E-state index contributed by atoms with van der Waals surface area (Å²) >= 11 is 0. The second kappa shape index (κ2) is 5.01. The van der Waals surface area contributed by atoms with Gasteiger partial charge < -0.3 is 4.74 Å². The summed E-state index contributed by atoms with van der Waals surface area (Å²) in [5.41, 5.74) is 6.56. The molecular formula is C21H22O. The van der Waals surface area contributed by atoms with Crippen LogP contribution in [0.15, 0.2) is 54.1 Å². The van der Waals surface area contributed by atoms with Crippen molar-refractivity contribution in [2.75, 3.05) is 0 Å². The topological polar surface area (TPSA) is 9.23 Å². The highest BCUT2D eigenvalue weighted by Crippen LogP contribution is 2.49. The third kappa shape index (κ3) is 1.99. The van der Waals surface area contributed by atoms with E-state index in [-0.39, 0.29) is 5.60 Å². The highest BCUT2D eigenvalue weighted by molar-refractivity contribution is 5.87. The molecule has 0 aromatic heterocycles. The predicted octanol–water partition coefficient (Wildman–Crippen LogP) is 5.52. The van der Waals surface area contributed by atoms with Crippen molar-refractivity contribution < 1.29 is 4.74 Å². The van der Waals surface area contributed by atoms with E-state index in [1.54, 1.807) is 0 Å². The van der Waals surface area contributed by atoms with E-state index in [4.69, 9.17) is 4.74 Å². The number of ether oxygens (including phenoxy) is 1. The first kappa shape index (κ1) is 13.6. The van der Waals surface area contributed by atoms with Gasteiger partial charge in [0.2, 0.25) is 0 Å². The van der Waals surface area contributed by atoms with Crippen LogP contribution in [0.5, 0.6) is 5.75 Å². The largest absolute Gasteiger partial charge is 0.482 e. The van der Waals surface area contributed by atoms with Crippen molar-refractivity contribution in [2.45, 2.75) is 45.1 Å². The van der Waals surface area contributed by atoms with Gasteiger partial charge in [-0.25, -0.2) is 0 Å². The number of aryl methyl sites for hydroxylation is 1. The molecule has 22 heavy (non-hydrogen) atoms. The Morgan fingerprint density at radius 1 is 0.864 bits per heavy atom. The molecule has 1 aliphatic heterocycles. The minimum Gasteiger partial charge on any atom is -0.482 e. The van der Waals surface area contributed by atoms with Gasteiger partial charge in [-0.15, -0.1) is 0 Å². The molecule has 1 spiro atoms. The molecule has 0 N–H and O–H groups in total. The van der Waals surface area contributed by atoms with Crippen molar-refractivity contribution in [1.29, 1.82) is 0 Å². The fourth-order valence-electron chi connectivity index (χ4n) is 3.99. The molecule has 0 saturated heterocycles. The maximum Gasteiger partial charge on any atom is 0.131 e. The lowest BCUT2D eigenvalue weighted by Gasteiger charge is -2.38.